The van der Waals surface area contributed by atoms with Crippen LogP contribution in [0.25, 0.3) is 11.1 Å². The topological polar surface area (TPSA) is 93.3 Å². The molecule has 1 heterocycles. The Morgan fingerprint density at radius 1 is 1.00 bits per heavy atom. The Bertz CT molecular complexity index is 1040. The predicted octanol–water partition coefficient (Wildman–Crippen LogP) is 2.75. The molecule has 1 aromatic heterocycles. The van der Waals surface area contributed by atoms with E-state index in [1.54, 1.807) is 18.2 Å². The van der Waals surface area contributed by atoms with Crippen LogP contribution >= 0.6 is 0 Å². The Balaban J connectivity index is 1.46. The zero-order chi connectivity index (χ0) is 20.1. The molecule has 7 heteroatoms. The maximum absolute atomic E-state index is 12.1. The largest absolute Gasteiger partial charge is 0.419 e. The van der Waals surface area contributed by atoms with Gasteiger partial charge in [-0.05, 0) is 43.5 Å². The minimum atomic E-state index is -0.436. The Morgan fingerprint density at radius 2 is 1.71 bits per heavy atom. The van der Waals surface area contributed by atoms with Gasteiger partial charge in [0.2, 0.25) is 11.8 Å². The van der Waals surface area contributed by atoms with Crippen molar-refractivity contribution in [1.29, 1.82) is 0 Å². The molecule has 0 aliphatic carbocycles. The standard InChI is InChI=1S/C21H23N3O4/c1-14-7-5-8-15(2)20(14)23-19(26)13-22-18(25)11-6-12-24-16-9-3-4-10-17(16)28-21(24)27/h3-5,7-10H,6,11-13H2,1-2H3,(H,22,25)(H,23,26). The second-order valence-corrected chi connectivity index (χ2v) is 6.68. The molecule has 0 atom stereocenters. The van der Waals surface area contributed by atoms with Gasteiger partial charge in [-0.2, -0.15) is 0 Å². The van der Waals surface area contributed by atoms with Gasteiger partial charge in [0.05, 0.1) is 12.1 Å². The average Bonchev–Trinajstić information content (AvgIpc) is 2.99. The monoisotopic (exact) mass is 381 g/mol. The van der Waals surface area contributed by atoms with Crippen molar-refractivity contribution >= 4 is 28.6 Å². The molecule has 3 aromatic rings. The Morgan fingerprint density at radius 3 is 2.46 bits per heavy atom. The first-order valence-electron chi connectivity index (χ1n) is 9.17. The fourth-order valence-corrected chi connectivity index (χ4v) is 3.09. The number of anilines is 1. The van der Waals surface area contributed by atoms with Crippen molar-refractivity contribution in [2.75, 3.05) is 11.9 Å². The van der Waals surface area contributed by atoms with Gasteiger partial charge in [0.25, 0.3) is 0 Å². The van der Waals surface area contributed by atoms with Crippen molar-refractivity contribution in [2.45, 2.75) is 33.2 Å². The second kappa shape index (κ2) is 8.56. The molecular formula is C21H23N3O4. The third kappa shape index (κ3) is 4.49. The maximum atomic E-state index is 12.1. The molecule has 0 aliphatic rings. The lowest BCUT2D eigenvalue weighted by molar-refractivity contribution is -0.124. The highest BCUT2D eigenvalue weighted by atomic mass is 16.4. The lowest BCUT2D eigenvalue weighted by Crippen LogP contribution is -2.33. The molecule has 0 spiro atoms. The first kappa shape index (κ1) is 19.4. The molecule has 0 bridgehead atoms. The van der Waals surface area contributed by atoms with Gasteiger partial charge >= 0.3 is 5.76 Å². The van der Waals surface area contributed by atoms with E-state index >= 15 is 0 Å². The van der Waals surface area contributed by atoms with Gasteiger partial charge < -0.3 is 15.1 Å². The number of hydrogen-bond acceptors (Lipinski definition) is 4. The van der Waals surface area contributed by atoms with Crippen LogP contribution in [-0.4, -0.2) is 22.9 Å². The SMILES string of the molecule is Cc1cccc(C)c1NC(=O)CNC(=O)CCCn1c(=O)oc2ccccc21. The number of nitrogens with one attached hydrogen (secondary N) is 2. The van der Waals surface area contributed by atoms with Crippen LogP contribution in [0, 0.1) is 13.8 Å². The molecule has 0 saturated heterocycles. The minimum absolute atomic E-state index is 0.0960. The van der Waals surface area contributed by atoms with E-state index in [2.05, 4.69) is 10.6 Å². The number of amides is 2. The van der Waals surface area contributed by atoms with Crippen molar-refractivity contribution in [1.82, 2.24) is 9.88 Å². The van der Waals surface area contributed by atoms with Crippen LogP contribution in [0.2, 0.25) is 0 Å². The Kier molecular flexibility index (Phi) is 5.93. The quantitative estimate of drug-likeness (QED) is 0.658. The molecule has 0 aliphatic heterocycles. The number of oxazole rings is 1. The summed E-state index contributed by atoms with van der Waals surface area (Å²) in [7, 11) is 0. The highest BCUT2D eigenvalue weighted by molar-refractivity contribution is 5.95. The number of carbonyl (C=O) groups excluding carboxylic acids is 2. The van der Waals surface area contributed by atoms with Crippen LogP contribution in [0.15, 0.2) is 51.7 Å². The van der Waals surface area contributed by atoms with Gasteiger partial charge in [0.15, 0.2) is 5.58 Å². The van der Waals surface area contributed by atoms with E-state index in [9.17, 15) is 14.4 Å². The Hall–Kier alpha value is -3.35. The van der Waals surface area contributed by atoms with Crippen LogP contribution in [0.3, 0.4) is 0 Å². The summed E-state index contributed by atoms with van der Waals surface area (Å²) >= 11 is 0. The van der Waals surface area contributed by atoms with E-state index in [0.717, 1.165) is 16.8 Å². The molecule has 0 unspecified atom stereocenters. The minimum Gasteiger partial charge on any atom is -0.408 e. The van der Waals surface area contributed by atoms with Gasteiger partial charge in [-0.25, -0.2) is 4.79 Å². The molecule has 0 saturated carbocycles. The zero-order valence-corrected chi connectivity index (χ0v) is 16.0. The molecule has 3 rings (SSSR count). The summed E-state index contributed by atoms with van der Waals surface area (Å²) in [6, 6.07) is 12.9. The van der Waals surface area contributed by atoms with Crippen molar-refractivity contribution in [2.24, 2.45) is 0 Å². The summed E-state index contributed by atoms with van der Waals surface area (Å²) in [5.41, 5.74) is 3.95. The van der Waals surface area contributed by atoms with E-state index in [-0.39, 0.29) is 24.8 Å². The number of carbonyl (C=O) groups is 2. The van der Waals surface area contributed by atoms with Gasteiger partial charge in [-0.1, -0.05) is 30.3 Å². The molecular weight excluding hydrogens is 358 g/mol. The molecule has 7 nitrogen and oxygen atoms in total. The normalized spacial score (nSPS) is 10.8. The fourth-order valence-electron chi connectivity index (χ4n) is 3.09. The highest BCUT2D eigenvalue weighted by Gasteiger charge is 2.11. The number of aromatic nitrogens is 1. The number of nitrogens with zero attached hydrogens (tertiary/aromatic N) is 1. The molecule has 146 valence electrons. The van der Waals surface area contributed by atoms with Crippen LogP contribution < -0.4 is 16.4 Å². The van der Waals surface area contributed by atoms with Gasteiger partial charge in [-0.15, -0.1) is 0 Å². The maximum Gasteiger partial charge on any atom is 0.419 e. The predicted molar refractivity (Wildman–Crippen MR) is 107 cm³/mol. The summed E-state index contributed by atoms with van der Waals surface area (Å²) in [6.45, 7) is 4.12. The zero-order valence-electron chi connectivity index (χ0n) is 16.0. The lowest BCUT2D eigenvalue weighted by Gasteiger charge is -2.12. The van der Waals surface area contributed by atoms with Gasteiger partial charge in [0.1, 0.15) is 0 Å². The van der Waals surface area contributed by atoms with Gasteiger partial charge in [0, 0.05) is 18.7 Å². The molecule has 28 heavy (non-hydrogen) atoms. The number of fused-ring (bicyclic) bond motifs is 1. The average molecular weight is 381 g/mol. The molecule has 2 amide bonds. The van der Waals surface area contributed by atoms with Crippen molar-refractivity contribution in [3.63, 3.8) is 0 Å². The van der Waals surface area contributed by atoms with E-state index < -0.39 is 5.76 Å². The fraction of sp³-hybridized carbons (Fsp3) is 0.286. The Labute approximate surface area is 162 Å². The number of hydrogen-bond donors (Lipinski definition) is 2. The number of rotatable bonds is 7. The second-order valence-electron chi connectivity index (χ2n) is 6.68. The molecule has 0 fully saturated rings. The summed E-state index contributed by atoms with van der Waals surface area (Å²) in [4.78, 5) is 36.0. The van der Waals surface area contributed by atoms with Crippen molar-refractivity contribution in [3.8, 4) is 0 Å². The van der Waals surface area contributed by atoms with Gasteiger partial charge in [-0.3, -0.25) is 14.2 Å². The third-order valence-electron chi connectivity index (χ3n) is 4.55. The van der Waals surface area contributed by atoms with E-state index in [0.29, 0.717) is 24.1 Å². The first-order valence-corrected chi connectivity index (χ1v) is 9.17. The molecule has 2 N–H and O–H groups in total. The van der Waals surface area contributed by atoms with Crippen LogP contribution in [0.1, 0.15) is 24.0 Å². The molecule has 0 radical (unpaired) electrons. The number of benzene rings is 2. The summed E-state index contributed by atoms with van der Waals surface area (Å²) in [5, 5.41) is 5.44. The lowest BCUT2D eigenvalue weighted by atomic mass is 10.1. The van der Waals surface area contributed by atoms with Crippen LogP contribution in [-0.2, 0) is 16.1 Å². The smallest absolute Gasteiger partial charge is 0.408 e. The number of para-hydroxylation sites is 3. The third-order valence-corrected chi connectivity index (χ3v) is 4.55. The van der Waals surface area contributed by atoms with Crippen LogP contribution in [0.4, 0.5) is 5.69 Å². The summed E-state index contributed by atoms with van der Waals surface area (Å²) < 4.78 is 6.68. The highest BCUT2D eigenvalue weighted by Crippen LogP contribution is 2.19. The van der Waals surface area contributed by atoms with Crippen molar-refractivity contribution < 1.29 is 14.0 Å². The summed E-state index contributed by atoms with van der Waals surface area (Å²) in [5.74, 6) is -0.949. The summed E-state index contributed by atoms with van der Waals surface area (Å²) in [6.07, 6.45) is 0.677. The first-order chi connectivity index (χ1) is 13.5. The van der Waals surface area contributed by atoms with E-state index in [4.69, 9.17) is 4.42 Å². The molecule has 2 aromatic carbocycles. The van der Waals surface area contributed by atoms with E-state index in [1.165, 1.54) is 4.57 Å². The van der Waals surface area contributed by atoms with Crippen molar-refractivity contribution in [3.05, 3.63) is 64.1 Å². The number of aryl methyl sites for hydroxylation is 3. The van der Waals surface area contributed by atoms with Crippen LogP contribution in [0.5, 0.6) is 0 Å². The van der Waals surface area contributed by atoms with E-state index in [1.807, 2.05) is 38.1 Å².